The van der Waals surface area contributed by atoms with E-state index in [-0.39, 0.29) is 0 Å². The largest absolute Gasteiger partial charge is 0.300 e. The predicted octanol–water partition coefficient (Wildman–Crippen LogP) is 3.23. The monoisotopic (exact) mass is 282 g/mol. The molecule has 108 valence electrons. The van der Waals surface area contributed by atoms with Gasteiger partial charge in [-0.2, -0.15) is 4.39 Å². The standard InChI is InChI=1S/C17H18FN3/c1-21-13-5-6-16(21)14(8-13)11-7-12(10-19-9-11)15-3-2-4-17(18)20-15/h2-4,7,9-10,13-14,16H,5-6,8H2,1H3/t13-,14-,16-/m1/s1/i18-1. The van der Waals surface area contributed by atoms with Crippen molar-refractivity contribution in [2.75, 3.05) is 7.05 Å². The number of rotatable bonds is 2. The summed E-state index contributed by atoms with van der Waals surface area (Å²) in [6.45, 7) is 0. The highest BCUT2D eigenvalue weighted by molar-refractivity contribution is 5.58. The van der Waals surface area contributed by atoms with Gasteiger partial charge in [0.1, 0.15) is 0 Å². The summed E-state index contributed by atoms with van der Waals surface area (Å²) >= 11 is 0. The molecule has 3 nitrogen and oxygen atoms in total. The molecule has 2 aliphatic rings. The van der Waals surface area contributed by atoms with Crippen LogP contribution in [0.15, 0.2) is 36.7 Å². The second-order valence-corrected chi connectivity index (χ2v) is 6.16. The van der Waals surface area contributed by atoms with Crippen LogP contribution < -0.4 is 0 Å². The summed E-state index contributed by atoms with van der Waals surface area (Å²) in [5.74, 6) is 0.104. The third kappa shape index (κ3) is 2.14. The molecule has 0 N–H and O–H groups in total. The molecule has 2 fully saturated rings. The maximum Gasteiger partial charge on any atom is 0.213 e. The van der Waals surface area contributed by atoms with Gasteiger partial charge in [0.25, 0.3) is 0 Å². The van der Waals surface area contributed by atoms with Gasteiger partial charge in [0.15, 0.2) is 0 Å². The first-order valence-corrected chi connectivity index (χ1v) is 7.52. The summed E-state index contributed by atoms with van der Waals surface area (Å²) in [6.07, 6.45) is 7.53. The minimum atomic E-state index is -0.447. The number of halogens is 1. The second kappa shape index (κ2) is 4.88. The van der Waals surface area contributed by atoms with Gasteiger partial charge in [0.2, 0.25) is 5.95 Å². The molecule has 0 aromatic carbocycles. The minimum Gasteiger partial charge on any atom is -0.300 e. The van der Waals surface area contributed by atoms with Gasteiger partial charge in [0, 0.05) is 36.0 Å². The summed E-state index contributed by atoms with van der Waals surface area (Å²) in [6, 6.07) is 8.37. The Morgan fingerprint density at radius 2 is 2.14 bits per heavy atom. The Morgan fingerprint density at radius 3 is 2.86 bits per heavy atom. The van der Waals surface area contributed by atoms with Crippen molar-refractivity contribution < 1.29 is 4.39 Å². The molecule has 2 bridgehead atoms. The van der Waals surface area contributed by atoms with E-state index >= 15 is 0 Å². The van der Waals surface area contributed by atoms with E-state index in [1.54, 1.807) is 12.3 Å². The van der Waals surface area contributed by atoms with E-state index in [1.807, 2.05) is 12.3 Å². The van der Waals surface area contributed by atoms with Crippen LogP contribution in [0.3, 0.4) is 0 Å². The topological polar surface area (TPSA) is 29.0 Å². The lowest BCUT2D eigenvalue weighted by molar-refractivity contribution is 0.307. The average Bonchev–Trinajstić information content (AvgIpc) is 3.03. The Labute approximate surface area is 123 Å². The molecule has 4 heterocycles. The molecule has 4 heteroatoms. The number of fused-ring (bicyclic) bond motifs is 2. The van der Waals surface area contributed by atoms with Crippen LogP contribution in [-0.4, -0.2) is 34.0 Å². The van der Waals surface area contributed by atoms with E-state index in [1.165, 1.54) is 30.9 Å². The van der Waals surface area contributed by atoms with Crippen LogP contribution in [0.1, 0.15) is 30.7 Å². The Balaban J connectivity index is 1.68. The highest BCUT2D eigenvalue weighted by Gasteiger charge is 2.44. The van der Waals surface area contributed by atoms with Crippen LogP contribution in [-0.2, 0) is 0 Å². The van der Waals surface area contributed by atoms with Crippen LogP contribution in [0.5, 0.6) is 0 Å². The van der Waals surface area contributed by atoms with Crippen molar-refractivity contribution in [3.05, 3.63) is 48.2 Å². The molecule has 0 unspecified atom stereocenters. The molecule has 2 aromatic heterocycles. The van der Waals surface area contributed by atoms with Crippen molar-refractivity contribution in [2.45, 2.75) is 37.3 Å². The van der Waals surface area contributed by atoms with Gasteiger partial charge in [-0.15, -0.1) is 0 Å². The third-order valence-corrected chi connectivity index (χ3v) is 5.08. The zero-order chi connectivity index (χ0) is 14.4. The number of likely N-dealkylation sites (N-methyl/N-ethyl adjacent to an activating group) is 1. The van der Waals surface area contributed by atoms with E-state index in [0.717, 1.165) is 11.6 Å². The first-order chi connectivity index (χ1) is 10.2. The quantitative estimate of drug-likeness (QED) is 0.792. The first-order valence-electron chi connectivity index (χ1n) is 7.52. The maximum atomic E-state index is 13.3. The van der Waals surface area contributed by atoms with Crippen LogP contribution in [0, 0.1) is 5.95 Å². The maximum absolute atomic E-state index is 13.3. The number of nitrogens with zero attached hydrogens (tertiary/aromatic N) is 3. The highest BCUT2D eigenvalue weighted by atomic mass is 18.2. The first kappa shape index (κ1) is 12.9. The lowest BCUT2D eigenvalue weighted by Crippen LogP contribution is -2.25. The molecule has 2 aliphatic heterocycles. The molecule has 0 aliphatic carbocycles. The lowest BCUT2D eigenvalue weighted by Gasteiger charge is -2.22. The normalized spacial score (nSPS) is 28.2. The number of hydrogen-bond acceptors (Lipinski definition) is 3. The van der Waals surface area contributed by atoms with Gasteiger partial charge in [-0.3, -0.25) is 9.88 Å². The van der Waals surface area contributed by atoms with Crippen molar-refractivity contribution in [1.82, 2.24) is 14.9 Å². The van der Waals surface area contributed by atoms with Gasteiger partial charge in [0.05, 0.1) is 5.69 Å². The second-order valence-electron chi connectivity index (χ2n) is 6.16. The van der Waals surface area contributed by atoms with Crippen molar-refractivity contribution in [3.63, 3.8) is 0 Å². The molecule has 2 saturated heterocycles. The van der Waals surface area contributed by atoms with Gasteiger partial charge >= 0.3 is 0 Å². The summed E-state index contributed by atoms with van der Waals surface area (Å²) < 4.78 is 13.3. The van der Waals surface area contributed by atoms with E-state index in [2.05, 4.69) is 28.0 Å². The fourth-order valence-corrected chi connectivity index (χ4v) is 3.99. The van der Waals surface area contributed by atoms with E-state index < -0.39 is 5.95 Å². The van der Waals surface area contributed by atoms with E-state index in [9.17, 15) is 4.39 Å². The zero-order valence-electron chi connectivity index (χ0n) is 12.0. The molecule has 2 aromatic rings. The fourth-order valence-electron chi connectivity index (χ4n) is 3.99. The fraction of sp³-hybridized carbons (Fsp3) is 0.412. The minimum absolute atomic E-state index is 0.447. The molecular weight excluding hydrogens is 264 g/mol. The number of aromatic nitrogens is 2. The molecule has 21 heavy (non-hydrogen) atoms. The van der Waals surface area contributed by atoms with Crippen LogP contribution in [0.25, 0.3) is 11.3 Å². The zero-order valence-corrected chi connectivity index (χ0v) is 12.0. The Hall–Kier alpha value is -1.81. The number of pyridine rings is 2. The summed E-state index contributed by atoms with van der Waals surface area (Å²) in [5.41, 5.74) is 2.82. The van der Waals surface area contributed by atoms with E-state index in [0.29, 0.717) is 17.7 Å². The summed E-state index contributed by atoms with van der Waals surface area (Å²) in [7, 11) is 2.23. The molecule has 0 saturated carbocycles. The molecule has 4 rings (SSSR count). The average molecular weight is 282 g/mol. The number of hydrogen-bond donors (Lipinski definition) is 0. The molecule has 0 amide bonds. The van der Waals surface area contributed by atoms with Crippen molar-refractivity contribution in [1.29, 1.82) is 0 Å². The molecule has 3 atom stereocenters. The third-order valence-electron chi connectivity index (χ3n) is 5.08. The van der Waals surface area contributed by atoms with Crippen molar-refractivity contribution >= 4 is 0 Å². The van der Waals surface area contributed by atoms with Gasteiger partial charge in [-0.05, 0) is 50.1 Å². The van der Waals surface area contributed by atoms with Crippen molar-refractivity contribution in [3.8, 4) is 11.3 Å². The van der Waals surface area contributed by atoms with E-state index in [4.69, 9.17) is 0 Å². The highest BCUT2D eigenvalue weighted by Crippen LogP contribution is 2.45. The van der Waals surface area contributed by atoms with Crippen LogP contribution in [0.2, 0.25) is 0 Å². The van der Waals surface area contributed by atoms with Gasteiger partial charge in [-0.25, -0.2) is 4.98 Å². The SMILES string of the molecule is CN1[C@@H]2CC[C@@H]1[C@@H](c1cncc(-c3cccc([18F])n3)c1)C2. The van der Waals surface area contributed by atoms with Crippen LogP contribution >= 0.6 is 0 Å². The predicted molar refractivity (Wildman–Crippen MR) is 79.4 cm³/mol. The molecular formula is C17H18FN3. The Bertz CT molecular complexity index is 673. The smallest absolute Gasteiger partial charge is 0.213 e. The summed E-state index contributed by atoms with van der Waals surface area (Å²) in [5, 5.41) is 0. The molecule has 0 radical (unpaired) electrons. The summed E-state index contributed by atoms with van der Waals surface area (Å²) in [4.78, 5) is 10.8. The van der Waals surface area contributed by atoms with Gasteiger partial charge in [-0.1, -0.05) is 6.07 Å². The lowest BCUT2D eigenvalue weighted by atomic mass is 9.84. The van der Waals surface area contributed by atoms with Gasteiger partial charge < -0.3 is 0 Å². The van der Waals surface area contributed by atoms with Crippen LogP contribution in [0.4, 0.5) is 4.39 Å². The Kier molecular flexibility index (Phi) is 3.00. The molecule has 0 spiro atoms. The van der Waals surface area contributed by atoms with Crippen molar-refractivity contribution in [2.24, 2.45) is 0 Å². The Morgan fingerprint density at radius 1 is 1.24 bits per heavy atom.